The van der Waals surface area contributed by atoms with E-state index >= 15 is 0 Å². The first kappa shape index (κ1) is 15.2. The van der Waals surface area contributed by atoms with Crippen LogP contribution in [0.15, 0.2) is 29.1 Å². The molecule has 1 aliphatic heterocycles. The largest absolute Gasteiger partial charge is 0.426 e. The number of nitro groups is 1. The molecule has 7 nitrogen and oxygen atoms in total. The molecule has 0 fully saturated rings. The Kier molecular flexibility index (Phi) is 3.65. The molecule has 8 heteroatoms. The molecule has 0 spiro atoms. The maximum Gasteiger partial charge on any atom is 0.312 e. The number of H-pyrrole nitrogens is 1. The Labute approximate surface area is 135 Å². The van der Waals surface area contributed by atoms with E-state index in [4.69, 9.17) is 16.3 Å². The zero-order valence-corrected chi connectivity index (χ0v) is 12.7. The van der Waals surface area contributed by atoms with Crippen molar-refractivity contribution in [1.29, 1.82) is 0 Å². The van der Waals surface area contributed by atoms with Crippen LogP contribution in [-0.4, -0.2) is 15.9 Å². The summed E-state index contributed by atoms with van der Waals surface area (Å²) in [4.78, 5) is 37.2. The molecule has 1 N–H and O–H groups in total. The molecule has 2 aromatic rings. The van der Waals surface area contributed by atoms with Crippen LogP contribution in [0.25, 0.3) is 0 Å². The number of nitrogens with one attached hydrogen (secondary N) is 1. The van der Waals surface area contributed by atoms with Crippen LogP contribution in [0.1, 0.15) is 29.2 Å². The molecule has 0 bridgehead atoms. The number of carbonyl (C=O) groups excluding carboxylic acids is 1. The summed E-state index contributed by atoms with van der Waals surface area (Å²) in [5, 5.41) is 11.0. The standard InChI is InChI=1S/C15H11ClN2O5/c1-7-4-12-14(15(20)17-7)9(6-13(19)23-12)8-2-3-10(16)11(5-8)18(21)22/h2-5,9H,6H2,1H3,(H,17,20)/t9-/m1/s1. The quantitative estimate of drug-likeness (QED) is 0.516. The Bertz CT molecular complexity index is 890. The van der Waals surface area contributed by atoms with E-state index in [0.29, 0.717) is 11.3 Å². The van der Waals surface area contributed by atoms with Gasteiger partial charge in [0.25, 0.3) is 11.2 Å². The molecule has 0 aliphatic carbocycles. The van der Waals surface area contributed by atoms with Crippen LogP contribution in [0.3, 0.4) is 0 Å². The Balaban J connectivity index is 2.19. The molecule has 0 radical (unpaired) electrons. The molecular formula is C15H11ClN2O5. The fraction of sp³-hybridized carbons (Fsp3) is 0.200. The highest BCUT2D eigenvalue weighted by atomic mass is 35.5. The van der Waals surface area contributed by atoms with E-state index in [1.165, 1.54) is 12.1 Å². The van der Waals surface area contributed by atoms with Gasteiger partial charge in [-0.25, -0.2) is 0 Å². The van der Waals surface area contributed by atoms with Crippen molar-refractivity contribution in [3.05, 3.63) is 66.6 Å². The number of benzene rings is 1. The van der Waals surface area contributed by atoms with Gasteiger partial charge in [-0.15, -0.1) is 0 Å². The van der Waals surface area contributed by atoms with Gasteiger partial charge in [-0.1, -0.05) is 17.7 Å². The molecule has 1 atom stereocenters. The molecule has 3 rings (SSSR count). The number of halogens is 1. The van der Waals surface area contributed by atoms with E-state index in [0.717, 1.165) is 0 Å². The van der Waals surface area contributed by atoms with Crippen molar-refractivity contribution < 1.29 is 14.5 Å². The van der Waals surface area contributed by atoms with Crippen molar-refractivity contribution in [3.63, 3.8) is 0 Å². The summed E-state index contributed by atoms with van der Waals surface area (Å²) in [5.74, 6) is -0.929. The fourth-order valence-electron chi connectivity index (χ4n) is 2.69. The third kappa shape index (κ3) is 2.70. The van der Waals surface area contributed by atoms with Gasteiger partial charge in [-0.2, -0.15) is 0 Å². The summed E-state index contributed by atoms with van der Waals surface area (Å²) >= 11 is 5.81. The number of aromatic nitrogens is 1. The minimum Gasteiger partial charge on any atom is -0.426 e. The second-order valence-electron chi connectivity index (χ2n) is 5.26. The van der Waals surface area contributed by atoms with Crippen LogP contribution >= 0.6 is 11.6 Å². The lowest BCUT2D eigenvalue weighted by Crippen LogP contribution is -2.28. The number of hydrogen-bond acceptors (Lipinski definition) is 5. The van der Waals surface area contributed by atoms with Crippen LogP contribution in [0.5, 0.6) is 5.75 Å². The van der Waals surface area contributed by atoms with Gasteiger partial charge in [0.15, 0.2) is 0 Å². The van der Waals surface area contributed by atoms with Gasteiger partial charge in [-0.05, 0) is 18.6 Å². The molecule has 0 unspecified atom stereocenters. The highest BCUT2D eigenvalue weighted by Crippen LogP contribution is 2.38. The van der Waals surface area contributed by atoms with Crippen molar-refractivity contribution in [2.24, 2.45) is 0 Å². The number of fused-ring (bicyclic) bond motifs is 1. The van der Waals surface area contributed by atoms with Crippen LogP contribution < -0.4 is 10.3 Å². The average Bonchev–Trinajstić information content (AvgIpc) is 2.45. The van der Waals surface area contributed by atoms with E-state index in [2.05, 4.69) is 4.98 Å². The molecule has 1 aliphatic rings. The molecular weight excluding hydrogens is 324 g/mol. The lowest BCUT2D eigenvalue weighted by molar-refractivity contribution is -0.384. The Hall–Kier alpha value is -2.67. The number of carbonyl (C=O) groups is 1. The fourth-order valence-corrected chi connectivity index (χ4v) is 2.87. The summed E-state index contributed by atoms with van der Waals surface area (Å²) in [5.41, 5.74) is 0.660. The highest BCUT2D eigenvalue weighted by Gasteiger charge is 2.32. The minimum atomic E-state index is -0.619. The molecule has 118 valence electrons. The summed E-state index contributed by atoms with van der Waals surface area (Å²) in [6.07, 6.45) is -0.0715. The van der Waals surface area contributed by atoms with Gasteiger partial charge in [0.1, 0.15) is 10.8 Å². The monoisotopic (exact) mass is 334 g/mol. The van der Waals surface area contributed by atoms with E-state index in [1.54, 1.807) is 19.1 Å². The molecule has 2 heterocycles. The maximum absolute atomic E-state index is 12.3. The van der Waals surface area contributed by atoms with Crippen molar-refractivity contribution >= 4 is 23.3 Å². The Morgan fingerprint density at radius 1 is 1.35 bits per heavy atom. The van der Waals surface area contributed by atoms with E-state index in [1.807, 2.05) is 0 Å². The molecule has 0 amide bonds. The smallest absolute Gasteiger partial charge is 0.312 e. The second-order valence-corrected chi connectivity index (χ2v) is 5.67. The number of nitro benzene ring substituents is 1. The normalized spacial score (nSPS) is 16.6. The SMILES string of the molecule is Cc1cc2c(c(=O)[nH]1)[C@@H](c1ccc(Cl)c([N+](=O)[O-])c1)CC(=O)O2. The number of nitrogens with zero attached hydrogens (tertiary/aromatic N) is 1. The Morgan fingerprint density at radius 2 is 2.09 bits per heavy atom. The van der Waals surface area contributed by atoms with E-state index in [-0.39, 0.29) is 34.0 Å². The molecule has 0 saturated carbocycles. The lowest BCUT2D eigenvalue weighted by Gasteiger charge is -2.24. The minimum absolute atomic E-state index is 0.00447. The first-order valence-electron chi connectivity index (χ1n) is 6.75. The number of rotatable bonds is 2. The van der Waals surface area contributed by atoms with Crippen LogP contribution in [0, 0.1) is 17.0 Å². The average molecular weight is 335 g/mol. The van der Waals surface area contributed by atoms with Gasteiger partial charge in [0.2, 0.25) is 0 Å². The number of hydrogen-bond donors (Lipinski definition) is 1. The van der Waals surface area contributed by atoms with Crippen LogP contribution in [0.4, 0.5) is 5.69 Å². The third-order valence-corrected chi connectivity index (χ3v) is 4.00. The Morgan fingerprint density at radius 3 is 2.78 bits per heavy atom. The maximum atomic E-state index is 12.3. The predicted molar refractivity (Wildman–Crippen MR) is 82.0 cm³/mol. The van der Waals surface area contributed by atoms with Gasteiger partial charge in [0, 0.05) is 23.7 Å². The summed E-state index contributed by atoms with van der Waals surface area (Å²) in [6, 6.07) is 5.80. The molecule has 1 aromatic carbocycles. The first-order valence-corrected chi connectivity index (χ1v) is 7.13. The van der Waals surface area contributed by atoms with E-state index in [9.17, 15) is 19.7 Å². The van der Waals surface area contributed by atoms with Gasteiger partial charge >= 0.3 is 5.97 Å². The lowest BCUT2D eigenvalue weighted by atomic mass is 9.87. The molecule has 23 heavy (non-hydrogen) atoms. The van der Waals surface area contributed by atoms with Crippen LogP contribution in [0.2, 0.25) is 5.02 Å². The zero-order valence-electron chi connectivity index (χ0n) is 12.0. The number of pyridine rings is 1. The molecule has 1 aromatic heterocycles. The van der Waals surface area contributed by atoms with Crippen molar-refractivity contribution in [2.45, 2.75) is 19.3 Å². The number of aromatic amines is 1. The zero-order chi connectivity index (χ0) is 16.7. The van der Waals surface area contributed by atoms with Crippen molar-refractivity contribution in [2.75, 3.05) is 0 Å². The third-order valence-electron chi connectivity index (χ3n) is 3.68. The predicted octanol–water partition coefficient (Wildman–Crippen LogP) is 2.69. The summed E-state index contributed by atoms with van der Waals surface area (Å²) in [7, 11) is 0. The van der Waals surface area contributed by atoms with Gasteiger partial charge in [0.05, 0.1) is 16.9 Å². The number of aryl methyl sites for hydroxylation is 1. The number of ether oxygens (including phenoxy) is 1. The van der Waals surface area contributed by atoms with Crippen LogP contribution in [-0.2, 0) is 4.79 Å². The summed E-state index contributed by atoms with van der Waals surface area (Å²) in [6.45, 7) is 1.67. The topological polar surface area (TPSA) is 102 Å². The highest BCUT2D eigenvalue weighted by molar-refractivity contribution is 6.32. The second kappa shape index (κ2) is 5.51. The molecule has 0 saturated heterocycles. The van der Waals surface area contributed by atoms with Gasteiger partial charge in [-0.3, -0.25) is 19.7 Å². The van der Waals surface area contributed by atoms with E-state index < -0.39 is 16.8 Å². The summed E-state index contributed by atoms with van der Waals surface area (Å²) < 4.78 is 5.13. The number of esters is 1. The van der Waals surface area contributed by atoms with Crippen molar-refractivity contribution in [3.8, 4) is 5.75 Å². The van der Waals surface area contributed by atoms with Gasteiger partial charge < -0.3 is 9.72 Å². The first-order chi connectivity index (χ1) is 10.9. The van der Waals surface area contributed by atoms with Crippen molar-refractivity contribution in [1.82, 2.24) is 4.98 Å².